The number of hydrogen-bond donors (Lipinski definition) is 3. The van der Waals surface area contributed by atoms with Crippen molar-refractivity contribution in [3.8, 4) is 22.8 Å². The zero-order valence-corrected chi connectivity index (χ0v) is 22.1. The standard InChI is InChI=1S/C24H23Cl2F3N6O4/c1-37-15-6-16(38-2)20(26)18(19(15)25)13-5-12-7-31-23(34-14-9-39-8-11(14)3-4-17(30)36)35-21(12)22(33-13)32-10-24(27,28)29/h3-7,11,14H,8-10H2,1-2H3,(H2,30,36)(H,32,33)(H,31,34,35)/t11-,14+/m0/s1. The van der Waals surface area contributed by atoms with Gasteiger partial charge < -0.3 is 30.6 Å². The summed E-state index contributed by atoms with van der Waals surface area (Å²) in [6, 6.07) is 2.72. The third-order valence-corrected chi connectivity index (χ3v) is 6.55. The van der Waals surface area contributed by atoms with Crippen LogP contribution in [0.3, 0.4) is 0 Å². The van der Waals surface area contributed by atoms with E-state index >= 15 is 0 Å². The summed E-state index contributed by atoms with van der Waals surface area (Å²) in [7, 11) is 2.79. The number of pyridine rings is 1. The predicted molar refractivity (Wildman–Crippen MR) is 140 cm³/mol. The fraction of sp³-hybridized carbons (Fsp3) is 0.333. The normalized spacial score (nSPS) is 17.5. The summed E-state index contributed by atoms with van der Waals surface area (Å²) in [5.74, 6) is -0.388. The minimum absolute atomic E-state index is 0.0902. The summed E-state index contributed by atoms with van der Waals surface area (Å²) in [5.41, 5.74) is 5.63. The molecule has 0 saturated carbocycles. The van der Waals surface area contributed by atoms with Gasteiger partial charge in [-0.2, -0.15) is 13.2 Å². The molecule has 0 spiro atoms. The SMILES string of the molecule is COc1cc(OC)c(Cl)c(-c2cc3cnc(N[C@@H]4COC[C@@H]4C=CC(N)=O)nc3c(NCC(F)(F)F)n2)c1Cl. The lowest BCUT2D eigenvalue weighted by molar-refractivity contribution is -0.115. The van der Waals surface area contributed by atoms with E-state index in [9.17, 15) is 18.0 Å². The number of anilines is 2. The number of rotatable bonds is 9. The number of hydrogen-bond acceptors (Lipinski definition) is 9. The fourth-order valence-electron chi connectivity index (χ4n) is 3.95. The van der Waals surface area contributed by atoms with Gasteiger partial charge in [0.1, 0.15) is 23.6 Å². The summed E-state index contributed by atoms with van der Waals surface area (Å²) in [6.07, 6.45) is -0.247. The number of ether oxygens (including phenoxy) is 3. The van der Waals surface area contributed by atoms with Gasteiger partial charge in [0.25, 0.3) is 0 Å². The number of nitrogens with one attached hydrogen (secondary N) is 2. The summed E-state index contributed by atoms with van der Waals surface area (Å²) < 4.78 is 55.5. The number of benzene rings is 1. The highest BCUT2D eigenvalue weighted by atomic mass is 35.5. The maximum atomic E-state index is 13.1. The maximum absolute atomic E-state index is 13.1. The molecule has 10 nitrogen and oxygen atoms in total. The van der Waals surface area contributed by atoms with Crippen molar-refractivity contribution >= 4 is 51.8 Å². The van der Waals surface area contributed by atoms with Crippen LogP contribution < -0.4 is 25.8 Å². The summed E-state index contributed by atoms with van der Waals surface area (Å²) in [5, 5.41) is 5.94. The van der Waals surface area contributed by atoms with Gasteiger partial charge in [0, 0.05) is 29.1 Å². The number of methoxy groups -OCH3 is 2. The molecule has 0 radical (unpaired) electrons. The molecule has 2 aromatic heterocycles. The zero-order valence-electron chi connectivity index (χ0n) is 20.6. The number of carbonyl (C=O) groups excluding carboxylic acids is 1. The average molecular weight is 587 g/mol. The fourth-order valence-corrected chi connectivity index (χ4v) is 4.64. The molecule has 15 heteroatoms. The minimum atomic E-state index is -4.53. The molecule has 4 rings (SSSR count). The summed E-state index contributed by atoms with van der Waals surface area (Å²) in [6.45, 7) is -0.741. The molecule has 3 heterocycles. The van der Waals surface area contributed by atoms with Crippen molar-refractivity contribution in [2.45, 2.75) is 12.2 Å². The lowest BCUT2D eigenvalue weighted by Crippen LogP contribution is -2.28. The van der Waals surface area contributed by atoms with Crippen LogP contribution >= 0.6 is 23.2 Å². The summed E-state index contributed by atoms with van der Waals surface area (Å²) >= 11 is 13.0. The average Bonchev–Trinajstić information content (AvgIpc) is 3.32. The molecule has 1 saturated heterocycles. The Labute approximate surface area is 230 Å². The first-order valence-electron chi connectivity index (χ1n) is 11.4. The van der Waals surface area contributed by atoms with Crippen molar-refractivity contribution in [2.75, 3.05) is 44.6 Å². The van der Waals surface area contributed by atoms with Gasteiger partial charge in [-0.05, 0) is 12.1 Å². The third-order valence-electron chi connectivity index (χ3n) is 5.80. The Balaban J connectivity index is 1.79. The number of amides is 1. The number of aromatic nitrogens is 3. The second-order valence-corrected chi connectivity index (χ2v) is 9.21. The quantitative estimate of drug-likeness (QED) is 0.311. The zero-order chi connectivity index (χ0) is 28.3. The van der Waals surface area contributed by atoms with Crippen molar-refractivity contribution in [1.29, 1.82) is 0 Å². The second kappa shape index (κ2) is 11.7. The molecule has 1 aromatic carbocycles. The van der Waals surface area contributed by atoms with E-state index in [0.29, 0.717) is 18.6 Å². The molecule has 1 fully saturated rings. The first kappa shape index (κ1) is 28.5. The third kappa shape index (κ3) is 6.54. The van der Waals surface area contributed by atoms with Gasteiger partial charge in [-0.15, -0.1) is 0 Å². The van der Waals surface area contributed by atoms with Gasteiger partial charge in [0.05, 0.1) is 49.2 Å². The van der Waals surface area contributed by atoms with Crippen molar-refractivity contribution in [1.82, 2.24) is 15.0 Å². The second-order valence-electron chi connectivity index (χ2n) is 8.45. The smallest absolute Gasteiger partial charge is 0.405 e. The van der Waals surface area contributed by atoms with E-state index in [1.54, 1.807) is 12.1 Å². The molecular weight excluding hydrogens is 564 g/mol. The Bertz CT molecular complexity index is 1390. The Hall–Kier alpha value is -3.55. The van der Waals surface area contributed by atoms with Gasteiger partial charge in [0.2, 0.25) is 11.9 Å². The lowest BCUT2D eigenvalue weighted by atomic mass is 10.0. The van der Waals surface area contributed by atoms with Crippen molar-refractivity contribution in [2.24, 2.45) is 11.7 Å². The van der Waals surface area contributed by atoms with E-state index in [0.717, 1.165) is 0 Å². The highest BCUT2D eigenvalue weighted by Crippen LogP contribution is 2.46. The Morgan fingerprint density at radius 1 is 1.18 bits per heavy atom. The van der Waals surface area contributed by atoms with Crippen LogP contribution in [-0.4, -0.2) is 67.1 Å². The molecular formula is C24H23Cl2F3N6O4. The number of nitrogens with zero attached hydrogens (tertiary/aromatic N) is 3. The minimum Gasteiger partial charge on any atom is -0.495 e. The van der Waals surface area contributed by atoms with Crippen molar-refractivity contribution in [3.63, 3.8) is 0 Å². The van der Waals surface area contributed by atoms with Gasteiger partial charge in [-0.3, -0.25) is 4.79 Å². The van der Waals surface area contributed by atoms with Gasteiger partial charge in [-0.1, -0.05) is 29.3 Å². The van der Waals surface area contributed by atoms with Crippen LogP contribution in [0.5, 0.6) is 11.5 Å². The number of nitrogens with two attached hydrogens (primary N) is 1. The van der Waals surface area contributed by atoms with Crippen LogP contribution in [0.1, 0.15) is 0 Å². The van der Waals surface area contributed by atoms with E-state index in [1.807, 2.05) is 0 Å². The lowest BCUT2D eigenvalue weighted by Gasteiger charge is -2.18. The maximum Gasteiger partial charge on any atom is 0.405 e. The highest BCUT2D eigenvalue weighted by Gasteiger charge is 2.29. The van der Waals surface area contributed by atoms with E-state index in [2.05, 4.69) is 25.6 Å². The molecule has 0 bridgehead atoms. The molecule has 208 valence electrons. The number of alkyl halides is 3. The first-order valence-corrected chi connectivity index (χ1v) is 12.2. The largest absolute Gasteiger partial charge is 0.495 e. The molecule has 0 aliphatic carbocycles. The number of fused-ring (bicyclic) bond motifs is 1. The molecule has 1 amide bonds. The van der Waals surface area contributed by atoms with Crippen molar-refractivity contribution < 1.29 is 32.2 Å². The Morgan fingerprint density at radius 3 is 2.49 bits per heavy atom. The van der Waals surface area contributed by atoms with Crippen LogP contribution in [0.2, 0.25) is 10.0 Å². The number of primary amides is 1. The predicted octanol–water partition coefficient (Wildman–Crippen LogP) is 4.46. The van der Waals surface area contributed by atoms with E-state index < -0.39 is 18.6 Å². The van der Waals surface area contributed by atoms with Crippen LogP contribution in [0.25, 0.3) is 22.2 Å². The van der Waals surface area contributed by atoms with Crippen LogP contribution in [0, 0.1) is 5.92 Å². The van der Waals surface area contributed by atoms with E-state index in [-0.39, 0.29) is 62.0 Å². The first-order chi connectivity index (χ1) is 18.5. The Morgan fingerprint density at radius 2 is 1.87 bits per heavy atom. The number of halogens is 5. The molecule has 1 aliphatic rings. The monoisotopic (exact) mass is 586 g/mol. The van der Waals surface area contributed by atoms with Crippen molar-refractivity contribution in [3.05, 3.63) is 40.5 Å². The molecule has 0 unspecified atom stereocenters. The molecule has 3 aromatic rings. The van der Waals surface area contributed by atoms with Crippen LogP contribution in [0.15, 0.2) is 30.5 Å². The van der Waals surface area contributed by atoms with E-state index in [4.69, 9.17) is 43.1 Å². The van der Waals surface area contributed by atoms with Gasteiger partial charge >= 0.3 is 6.18 Å². The van der Waals surface area contributed by atoms with Gasteiger partial charge in [-0.25, -0.2) is 15.0 Å². The number of carbonyl (C=O) groups is 1. The molecule has 4 N–H and O–H groups in total. The van der Waals surface area contributed by atoms with Gasteiger partial charge in [0.15, 0.2) is 5.82 Å². The Kier molecular flexibility index (Phi) is 8.52. The highest BCUT2D eigenvalue weighted by molar-refractivity contribution is 6.41. The van der Waals surface area contributed by atoms with Crippen LogP contribution in [-0.2, 0) is 9.53 Å². The molecule has 1 aliphatic heterocycles. The topological polar surface area (TPSA) is 134 Å². The molecule has 39 heavy (non-hydrogen) atoms. The molecule has 2 atom stereocenters. The summed E-state index contributed by atoms with van der Waals surface area (Å²) in [4.78, 5) is 24.2. The van der Waals surface area contributed by atoms with E-state index in [1.165, 1.54) is 32.6 Å². The van der Waals surface area contributed by atoms with Crippen LogP contribution in [0.4, 0.5) is 24.9 Å².